The summed E-state index contributed by atoms with van der Waals surface area (Å²) in [5.41, 5.74) is 0.623. The highest BCUT2D eigenvalue weighted by molar-refractivity contribution is 7.87. The summed E-state index contributed by atoms with van der Waals surface area (Å²) in [6.07, 6.45) is 2.09. The molecule has 11 nitrogen and oxygen atoms in total. The van der Waals surface area contributed by atoms with Crippen LogP contribution >= 0.6 is 0 Å². The summed E-state index contributed by atoms with van der Waals surface area (Å²) in [4.78, 5) is 39.5. The molecule has 0 atom stereocenters. The van der Waals surface area contributed by atoms with Crippen molar-refractivity contribution in [2.75, 3.05) is 20.3 Å². The van der Waals surface area contributed by atoms with Crippen LogP contribution in [0.15, 0.2) is 77.2 Å². The molecular formula is C30H30N2O9S. The number of imide groups is 2. The van der Waals surface area contributed by atoms with Crippen molar-refractivity contribution in [1.82, 2.24) is 10.2 Å². The average Bonchev–Trinajstić information content (AvgIpc) is 2.98. The van der Waals surface area contributed by atoms with Gasteiger partial charge in [0.15, 0.2) is 23.0 Å². The minimum Gasteiger partial charge on any atom is -0.493 e. The van der Waals surface area contributed by atoms with E-state index in [2.05, 4.69) is 5.32 Å². The molecule has 3 aromatic carbocycles. The molecule has 1 heterocycles. The number of hydrogen-bond donors (Lipinski definition) is 1. The van der Waals surface area contributed by atoms with Gasteiger partial charge < -0.3 is 18.4 Å². The van der Waals surface area contributed by atoms with Crippen molar-refractivity contribution < 1.29 is 41.2 Å². The fourth-order valence-corrected chi connectivity index (χ4v) is 4.99. The van der Waals surface area contributed by atoms with Crippen LogP contribution in [0.4, 0.5) is 4.79 Å². The van der Waals surface area contributed by atoms with Gasteiger partial charge in [-0.05, 0) is 66.9 Å². The van der Waals surface area contributed by atoms with E-state index in [0.717, 1.165) is 11.3 Å². The molecule has 1 fully saturated rings. The average molecular weight is 595 g/mol. The molecule has 4 amide bonds. The Morgan fingerprint density at radius 2 is 1.60 bits per heavy atom. The first-order valence-electron chi connectivity index (χ1n) is 13.1. The third-order valence-corrected chi connectivity index (χ3v) is 7.27. The maximum absolute atomic E-state index is 13.3. The largest absolute Gasteiger partial charge is 0.493 e. The number of amides is 4. The van der Waals surface area contributed by atoms with E-state index >= 15 is 0 Å². The molecule has 1 aliphatic heterocycles. The van der Waals surface area contributed by atoms with Crippen LogP contribution in [0.2, 0.25) is 0 Å². The third-order valence-electron chi connectivity index (χ3n) is 6.03. The second-order valence-corrected chi connectivity index (χ2v) is 10.6. The van der Waals surface area contributed by atoms with Gasteiger partial charge in [0.1, 0.15) is 10.5 Å². The first-order valence-corrected chi connectivity index (χ1v) is 14.5. The number of barbiturate groups is 1. The summed E-state index contributed by atoms with van der Waals surface area (Å²) >= 11 is 0. The molecule has 12 heteroatoms. The van der Waals surface area contributed by atoms with Crippen molar-refractivity contribution >= 4 is 34.0 Å². The normalized spacial score (nSPS) is 14.5. The lowest BCUT2D eigenvalue weighted by Gasteiger charge is -2.26. The number of benzene rings is 3. The zero-order chi connectivity index (χ0) is 30.3. The summed E-state index contributed by atoms with van der Waals surface area (Å²) in [7, 11) is -2.81. The molecule has 0 aromatic heterocycles. The van der Waals surface area contributed by atoms with Gasteiger partial charge in [-0.25, -0.2) is 4.79 Å². The Hall–Kier alpha value is -4.84. The van der Waals surface area contributed by atoms with Gasteiger partial charge in [-0.1, -0.05) is 37.3 Å². The smallest absolute Gasteiger partial charge is 0.339 e. The lowest BCUT2D eigenvalue weighted by Crippen LogP contribution is -2.53. The van der Waals surface area contributed by atoms with Crippen molar-refractivity contribution in [3.8, 4) is 23.0 Å². The van der Waals surface area contributed by atoms with Crippen LogP contribution in [0.25, 0.3) is 6.08 Å². The van der Waals surface area contributed by atoms with Gasteiger partial charge >= 0.3 is 16.1 Å². The zero-order valence-electron chi connectivity index (χ0n) is 23.3. The topological polar surface area (TPSA) is 138 Å². The number of hydrogen-bond acceptors (Lipinski definition) is 9. The molecule has 0 radical (unpaired) electrons. The molecule has 3 aromatic rings. The van der Waals surface area contributed by atoms with Crippen LogP contribution in [-0.4, -0.2) is 51.5 Å². The van der Waals surface area contributed by atoms with Crippen molar-refractivity contribution in [3.63, 3.8) is 0 Å². The van der Waals surface area contributed by atoms with Crippen molar-refractivity contribution in [1.29, 1.82) is 0 Å². The number of nitrogens with zero attached hydrogens (tertiary/aromatic N) is 1. The van der Waals surface area contributed by atoms with Crippen LogP contribution in [0, 0.1) is 0 Å². The molecule has 1 N–H and O–H groups in total. The molecule has 1 saturated heterocycles. The molecule has 0 spiro atoms. The van der Waals surface area contributed by atoms with Gasteiger partial charge in [-0.15, -0.1) is 0 Å². The van der Waals surface area contributed by atoms with E-state index < -0.39 is 28.0 Å². The van der Waals surface area contributed by atoms with E-state index in [-0.39, 0.29) is 28.5 Å². The molecule has 220 valence electrons. The monoisotopic (exact) mass is 594 g/mol. The SMILES string of the molecule is CCCOc1ccc(CN2C(=O)NC(=O)/C(=C\c3ccc(OS(=O)(=O)c4ccccc4)c(OC)c3)C2=O)cc1OCC. The second-order valence-electron chi connectivity index (χ2n) is 9.03. The molecule has 4 rings (SSSR count). The summed E-state index contributed by atoms with van der Waals surface area (Å²) in [6, 6.07) is 16.0. The van der Waals surface area contributed by atoms with Crippen LogP contribution in [0.5, 0.6) is 23.0 Å². The van der Waals surface area contributed by atoms with E-state index in [9.17, 15) is 22.8 Å². The minimum absolute atomic E-state index is 0.0380. The number of carbonyl (C=O) groups is 3. The zero-order valence-corrected chi connectivity index (χ0v) is 24.1. The van der Waals surface area contributed by atoms with Gasteiger partial charge in [0.25, 0.3) is 11.8 Å². The van der Waals surface area contributed by atoms with Gasteiger partial charge in [0.05, 0.1) is 26.9 Å². The van der Waals surface area contributed by atoms with Crippen molar-refractivity contribution in [2.24, 2.45) is 0 Å². The van der Waals surface area contributed by atoms with Crippen LogP contribution < -0.4 is 23.7 Å². The van der Waals surface area contributed by atoms with Gasteiger partial charge in [0, 0.05) is 0 Å². The Labute approximate surface area is 243 Å². The highest BCUT2D eigenvalue weighted by Crippen LogP contribution is 2.33. The van der Waals surface area contributed by atoms with Crippen molar-refractivity contribution in [3.05, 3.63) is 83.4 Å². The fourth-order valence-electron chi connectivity index (χ4n) is 4.03. The standard InChI is InChI=1S/C30H30N2O9S/c1-4-15-40-24-13-12-21(18-27(24)39-5-2)19-32-29(34)23(28(33)31-30(32)35)16-20-11-14-25(26(17-20)38-3)41-42(36,37)22-9-7-6-8-10-22/h6-14,16-18H,4-5,15,19H2,1-3H3,(H,31,33,35)/b23-16+. The molecule has 1 aliphatic rings. The Kier molecular flexibility index (Phi) is 9.48. The van der Waals surface area contributed by atoms with E-state index in [1.165, 1.54) is 43.5 Å². The minimum atomic E-state index is -4.14. The van der Waals surface area contributed by atoms with E-state index in [0.29, 0.717) is 35.8 Å². The van der Waals surface area contributed by atoms with E-state index in [1.807, 2.05) is 13.8 Å². The quantitative estimate of drug-likeness (QED) is 0.185. The number of carbonyl (C=O) groups excluding carboxylic acids is 3. The molecule has 0 unspecified atom stereocenters. The van der Waals surface area contributed by atoms with Gasteiger partial charge in [-0.3, -0.25) is 19.8 Å². The first kappa shape index (κ1) is 30.1. The lowest BCUT2D eigenvalue weighted by molar-refractivity contribution is -0.130. The predicted molar refractivity (Wildman–Crippen MR) is 153 cm³/mol. The summed E-state index contributed by atoms with van der Waals surface area (Å²) < 4.78 is 47.3. The third kappa shape index (κ3) is 6.89. The highest BCUT2D eigenvalue weighted by atomic mass is 32.2. The van der Waals surface area contributed by atoms with E-state index in [1.54, 1.807) is 36.4 Å². The number of nitrogens with one attached hydrogen (secondary N) is 1. The molecule has 42 heavy (non-hydrogen) atoms. The number of urea groups is 1. The first-order chi connectivity index (χ1) is 20.2. The maximum atomic E-state index is 13.3. The van der Waals surface area contributed by atoms with Gasteiger partial charge in [0.2, 0.25) is 0 Å². The van der Waals surface area contributed by atoms with Gasteiger partial charge in [-0.2, -0.15) is 8.42 Å². The Bertz CT molecular complexity index is 1620. The molecular weight excluding hydrogens is 564 g/mol. The number of ether oxygens (including phenoxy) is 3. The number of rotatable bonds is 12. The fraction of sp³-hybridized carbons (Fsp3) is 0.233. The predicted octanol–water partition coefficient (Wildman–Crippen LogP) is 4.31. The highest BCUT2D eigenvalue weighted by Gasteiger charge is 2.36. The van der Waals surface area contributed by atoms with Crippen molar-refractivity contribution in [2.45, 2.75) is 31.7 Å². The molecule has 0 aliphatic carbocycles. The summed E-state index contributed by atoms with van der Waals surface area (Å²) in [5, 5.41) is 2.19. The van der Waals surface area contributed by atoms with Crippen LogP contribution in [0.1, 0.15) is 31.4 Å². The molecule has 0 bridgehead atoms. The van der Waals surface area contributed by atoms with Crippen LogP contribution in [-0.2, 0) is 26.3 Å². The Balaban J connectivity index is 1.58. The second kappa shape index (κ2) is 13.2. The summed E-state index contributed by atoms with van der Waals surface area (Å²) in [5.74, 6) is -0.690. The Morgan fingerprint density at radius 1 is 0.857 bits per heavy atom. The van der Waals surface area contributed by atoms with E-state index in [4.69, 9.17) is 18.4 Å². The van der Waals surface area contributed by atoms with Crippen LogP contribution in [0.3, 0.4) is 0 Å². The molecule has 0 saturated carbocycles. The Morgan fingerprint density at radius 3 is 2.29 bits per heavy atom. The number of methoxy groups -OCH3 is 1. The summed E-state index contributed by atoms with van der Waals surface area (Å²) in [6.45, 7) is 4.58. The maximum Gasteiger partial charge on any atom is 0.339 e. The lowest BCUT2D eigenvalue weighted by atomic mass is 10.1.